The lowest BCUT2D eigenvalue weighted by Gasteiger charge is -2.07. The summed E-state index contributed by atoms with van der Waals surface area (Å²) < 4.78 is 32.4. The molecule has 2 heterocycles. The van der Waals surface area contributed by atoms with Gasteiger partial charge < -0.3 is 9.73 Å². The number of hydrogen-bond acceptors (Lipinski definition) is 5. The van der Waals surface area contributed by atoms with Gasteiger partial charge in [0.15, 0.2) is 0 Å². The second-order valence-electron chi connectivity index (χ2n) is 5.63. The third-order valence-corrected chi connectivity index (χ3v) is 6.29. The molecule has 0 aliphatic carbocycles. The topological polar surface area (TPSA) is 88.4 Å². The zero-order valence-electron chi connectivity index (χ0n) is 14.1. The maximum absolute atomic E-state index is 12.3. The van der Waals surface area contributed by atoms with E-state index in [4.69, 9.17) is 4.42 Å². The standard InChI is InChI=1S/C18H18N2O4S2/c1-13(21)20-15-2-5-17(6-3-15)26(22,23)19-10-8-16-4-7-18(25-16)14-9-11-24-12-14/h2-7,9,11-12,19H,8,10H2,1H3,(H,20,21). The molecule has 3 aromatic rings. The largest absolute Gasteiger partial charge is 0.472 e. The van der Waals surface area contributed by atoms with Crippen LogP contribution >= 0.6 is 11.3 Å². The molecule has 0 atom stereocenters. The van der Waals surface area contributed by atoms with Crippen LogP contribution in [0.2, 0.25) is 0 Å². The predicted molar refractivity (Wildman–Crippen MR) is 102 cm³/mol. The lowest BCUT2D eigenvalue weighted by molar-refractivity contribution is -0.114. The van der Waals surface area contributed by atoms with Crippen molar-refractivity contribution in [3.63, 3.8) is 0 Å². The molecule has 0 fully saturated rings. The monoisotopic (exact) mass is 390 g/mol. The highest BCUT2D eigenvalue weighted by molar-refractivity contribution is 7.89. The Hall–Kier alpha value is -2.42. The summed E-state index contributed by atoms with van der Waals surface area (Å²) in [5.41, 5.74) is 1.57. The van der Waals surface area contributed by atoms with Crippen molar-refractivity contribution in [1.82, 2.24) is 4.72 Å². The number of furan rings is 1. The van der Waals surface area contributed by atoms with Gasteiger partial charge in [0.1, 0.15) is 0 Å². The molecule has 0 saturated carbocycles. The van der Waals surface area contributed by atoms with E-state index in [-0.39, 0.29) is 10.8 Å². The van der Waals surface area contributed by atoms with Gasteiger partial charge in [-0.1, -0.05) is 0 Å². The first-order valence-corrected chi connectivity index (χ1v) is 10.2. The van der Waals surface area contributed by atoms with Gasteiger partial charge in [-0.25, -0.2) is 13.1 Å². The Morgan fingerprint density at radius 1 is 1.12 bits per heavy atom. The molecule has 0 bridgehead atoms. The van der Waals surface area contributed by atoms with Gasteiger partial charge in [0, 0.05) is 34.5 Å². The lowest BCUT2D eigenvalue weighted by atomic mass is 10.3. The van der Waals surface area contributed by atoms with E-state index in [1.165, 1.54) is 19.1 Å². The first-order chi connectivity index (χ1) is 12.4. The Kier molecular flexibility index (Phi) is 5.55. The molecule has 2 N–H and O–H groups in total. The zero-order valence-corrected chi connectivity index (χ0v) is 15.7. The second kappa shape index (κ2) is 7.86. The summed E-state index contributed by atoms with van der Waals surface area (Å²) in [6.45, 7) is 1.70. The van der Waals surface area contributed by atoms with Gasteiger partial charge in [-0.2, -0.15) is 0 Å². The number of thiophene rings is 1. The van der Waals surface area contributed by atoms with Gasteiger partial charge in [-0.05, 0) is 48.9 Å². The van der Waals surface area contributed by atoms with Crippen molar-refractivity contribution in [2.45, 2.75) is 18.2 Å². The third kappa shape index (κ3) is 4.60. The van der Waals surface area contributed by atoms with Crippen LogP contribution < -0.4 is 10.0 Å². The van der Waals surface area contributed by atoms with Crippen molar-refractivity contribution < 1.29 is 17.6 Å². The highest BCUT2D eigenvalue weighted by Gasteiger charge is 2.14. The number of hydrogen-bond donors (Lipinski definition) is 2. The van der Waals surface area contributed by atoms with Crippen molar-refractivity contribution >= 4 is 33.0 Å². The Labute approximate surface area is 155 Å². The summed E-state index contributed by atoms with van der Waals surface area (Å²) in [6, 6.07) is 11.9. The quantitative estimate of drug-likeness (QED) is 0.646. The van der Waals surface area contributed by atoms with E-state index in [1.54, 1.807) is 36.0 Å². The van der Waals surface area contributed by atoms with Gasteiger partial charge in [-0.15, -0.1) is 11.3 Å². The van der Waals surface area contributed by atoms with E-state index < -0.39 is 10.0 Å². The fourth-order valence-electron chi connectivity index (χ4n) is 2.38. The molecule has 0 spiro atoms. The van der Waals surface area contributed by atoms with Gasteiger partial charge in [0.25, 0.3) is 0 Å². The van der Waals surface area contributed by atoms with Crippen LogP contribution in [0, 0.1) is 0 Å². The van der Waals surface area contributed by atoms with Crippen molar-refractivity contribution in [3.05, 3.63) is 59.9 Å². The summed E-state index contributed by atoms with van der Waals surface area (Å²) >= 11 is 1.61. The van der Waals surface area contributed by atoms with Crippen LogP contribution in [0.1, 0.15) is 11.8 Å². The Morgan fingerprint density at radius 3 is 2.54 bits per heavy atom. The van der Waals surface area contributed by atoms with Crippen LogP contribution in [-0.2, 0) is 21.2 Å². The number of nitrogens with one attached hydrogen (secondary N) is 2. The summed E-state index contributed by atoms with van der Waals surface area (Å²) in [7, 11) is -3.59. The fourth-order valence-corrected chi connectivity index (χ4v) is 4.41. The van der Waals surface area contributed by atoms with Crippen LogP contribution in [-0.4, -0.2) is 20.9 Å². The first-order valence-electron chi connectivity index (χ1n) is 7.93. The van der Waals surface area contributed by atoms with Crippen LogP contribution in [0.25, 0.3) is 10.4 Å². The molecular weight excluding hydrogens is 372 g/mol. The maximum atomic E-state index is 12.3. The van der Waals surface area contributed by atoms with Crippen molar-refractivity contribution in [1.29, 1.82) is 0 Å². The van der Waals surface area contributed by atoms with Crippen molar-refractivity contribution in [2.24, 2.45) is 0 Å². The molecule has 3 rings (SSSR count). The van der Waals surface area contributed by atoms with Crippen LogP contribution in [0.4, 0.5) is 5.69 Å². The molecule has 0 saturated heterocycles. The molecule has 26 heavy (non-hydrogen) atoms. The Morgan fingerprint density at radius 2 is 1.88 bits per heavy atom. The van der Waals surface area contributed by atoms with E-state index in [2.05, 4.69) is 10.0 Å². The SMILES string of the molecule is CC(=O)Nc1ccc(S(=O)(=O)NCCc2ccc(-c3ccoc3)s2)cc1. The predicted octanol–water partition coefficient (Wildman–Crippen LogP) is 3.49. The van der Waals surface area contributed by atoms with Gasteiger partial charge >= 0.3 is 0 Å². The number of carbonyl (C=O) groups is 1. The third-order valence-electron chi connectivity index (χ3n) is 3.62. The smallest absolute Gasteiger partial charge is 0.240 e. The number of rotatable bonds is 7. The van der Waals surface area contributed by atoms with Crippen LogP contribution in [0.15, 0.2) is 64.3 Å². The van der Waals surface area contributed by atoms with Gasteiger partial charge in [0.05, 0.1) is 17.4 Å². The first kappa shape index (κ1) is 18.4. The average Bonchev–Trinajstić information content (AvgIpc) is 3.26. The average molecular weight is 390 g/mol. The normalized spacial score (nSPS) is 11.4. The highest BCUT2D eigenvalue weighted by Crippen LogP contribution is 2.28. The van der Waals surface area contributed by atoms with E-state index in [0.717, 1.165) is 15.3 Å². The summed E-state index contributed by atoms with van der Waals surface area (Å²) in [4.78, 5) is 13.3. The summed E-state index contributed by atoms with van der Waals surface area (Å²) in [6.07, 6.45) is 3.91. The molecule has 0 aliphatic rings. The van der Waals surface area contributed by atoms with Crippen LogP contribution in [0.3, 0.4) is 0 Å². The summed E-state index contributed by atoms with van der Waals surface area (Å²) in [5.74, 6) is -0.204. The number of sulfonamides is 1. The minimum Gasteiger partial charge on any atom is -0.472 e. The van der Waals surface area contributed by atoms with E-state index in [9.17, 15) is 13.2 Å². The van der Waals surface area contributed by atoms with E-state index in [1.807, 2.05) is 18.2 Å². The van der Waals surface area contributed by atoms with Gasteiger partial charge in [0.2, 0.25) is 15.9 Å². The molecule has 2 aromatic heterocycles. The van der Waals surface area contributed by atoms with Crippen LogP contribution in [0.5, 0.6) is 0 Å². The highest BCUT2D eigenvalue weighted by atomic mass is 32.2. The molecule has 6 nitrogen and oxygen atoms in total. The number of amides is 1. The maximum Gasteiger partial charge on any atom is 0.240 e. The lowest BCUT2D eigenvalue weighted by Crippen LogP contribution is -2.25. The molecule has 0 unspecified atom stereocenters. The molecule has 8 heteroatoms. The zero-order chi connectivity index (χ0) is 18.6. The van der Waals surface area contributed by atoms with Crippen molar-refractivity contribution in [3.8, 4) is 10.4 Å². The Balaban J connectivity index is 1.57. The Bertz CT molecular complexity index is 975. The van der Waals surface area contributed by atoms with Crippen molar-refractivity contribution in [2.75, 3.05) is 11.9 Å². The minimum atomic E-state index is -3.59. The molecule has 136 valence electrons. The summed E-state index contributed by atoms with van der Waals surface area (Å²) in [5, 5.41) is 2.60. The minimum absolute atomic E-state index is 0.164. The number of benzene rings is 1. The fraction of sp³-hybridized carbons (Fsp3) is 0.167. The molecule has 0 radical (unpaired) electrons. The molecular formula is C18H18N2O4S2. The number of carbonyl (C=O) groups excluding carboxylic acids is 1. The molecule has 1 aromatic carbocycles. The van der Waals surface area contributed by atoms with E-state index in [0.29, 0.717) is 18.7 Å². The van der Waals surface area contributed by atoms with Gasteiger partial charge in [-0.3, -0.25) is 4.79 Å². The van der Waals surface area contributed by atoms with E-state index >= 15 is 0 Å². The molecule has 0 aliphatic heterocycles. The molecule has 1 amide bonds. The second-order valence-corrected chi connectivity index (χ2v) is 8.57. The number of anilines is 1.